The van der Waals surface area contributed by atoms with E-state index >= 15 is 0 Å². The van der Waals surface area contributed by atoms with Gasteiger partial charge in [-0.3, -0.25) is 4.79 Å². The van der Waals surface area contributed by atoms with Crippen LogP contribution in [0.1, 0.15) is 29.9 Å². The van der Waals surface area contributed by atoms with Crippen LogP contribution in [0.3, 0.4) is 0 Å². The smallest absolute Gasteiger partial charge is 0.310 e. The van der Waals surface area contributed by atoms with Crippen LogP contribution in [0.2, 0.25) is 0 Å². The van der Waals surface area contributed by atoms with E-state index in [0.29, 0.717) is 16.5 Å². The number of carbonyl (C=O) groups is 1. The molecular weight excluding hydrogens is 263 g/mol. The van der Waals surface area contributed by atoms with Crippen molar-refractivity contribution in [2.45, 2.75) is 25.2 Å². The highest BCUT2D eigenvalue weighted by Crippen LogP contribution is 2.36. The lowest BCUT2D eigenvalue weighted by molar-refractivity contribution is -0.139. The number of benzene rings is 1. The van der Waals surface area contributed by atoms with Gasteiger partial charge in [0, 0.05) is 4.47 Å². The largest absolute Gasteiger partial charge is 0.481 e. The highest BCUT2D eigenvalue weighted by molar-refractivity contribution is 9.10. The van der Waals surface area contributed by atoms with E-state index in [0.717, 1.165) is 18.4 Å². The summed E-state index contributed by atoms with van der Waals surface area (Å²) in [5.74, 6) is -1.80. The summed E-state index contributed by atoms with van der Waals surface area (Å²) >= 11 is 3.28. The molecule has 0 saturated carbocycles. The van der Waals surface area contributed by atoms with Gasteiger partial charge in [-0.25, -0.2) is 4.39 Å². The zero-order valence-corrected chi connectivity index (χ0v) is 9.55. The third-order valence-electron chi connectivity index (χ3n) is 2.79. The summed E-state index contributed by atoms with van der Waals surface area (Å²) in [5.41, 5.74) is 1.57. The van der Waals surface area contributed by atoms with Crippen LogP contribution < -0.4 is 0 Å². The Morgan fingerprint density at radius 1 is 1.53 bits per heavy atom. The van der Waals surface area contributed by atoms with Gasteiger partial charge >= 0.3 is 5.97 Å². The van der Waals surface area contributed by atoms with Crippen LogP contribution in [0.25, 0.3) is 0 Å². The minimum atomic E-state index is -0.867. The topological polar surface area (TPSA) is 37.3 Å². The zero-order chi connectivity index (χ0) is 11.0. The minimum Gasteiger partial charge on any atom is -0.481 e. The normalized spacial score (nSPS) is 19.7. The summed E-state index contributed by atoms with van der Waals surface area (Å²) in [4.78, 5) is 11.0. The number of rotatable bonds is 1. The first-order chi connectivity index (χ1) is 7.09. The van der Waals surface area contributed by atoms with Crippen molar-refractivity contribution in [3.63, 3.8) is 0 Å². The molecule has 0 spiro atoms. The SMILES string of the molecule is O=C(O)C1CCCc2c(Br)cc(F)cc21. The number of aliphatic carboxylic acids is 1. The number of carboxylic acid groups (broad SMARTS) is 1. The fourth-order valence-corrected chi connectivity index (χ4v) is 2.74. The van der Waals surface area contributed by atoms with Crippen molar-refractivity contribution >= 4 is 21.9 Å². The van der Waals surface area contributed by atoms with Gasteiger partial charge in [0.1, 0.15) is 5.82 Å². The molecule has 0 aromatic heterocycles. The molecule has 4 heteroatoms. The lowest BCUT2D eigenvalue weighted by Crippen LogP contribution is -2.18. The monoisotopic (exact) mass is 272 g/mol. The van der Waals surface area contributed by atoms with Crippen molar-refractivity contribution in [1.82, 2.24) is 0 Å². The summed E-state index contributed by atoms with van der Waals surface area (Å²) in [6.07, 6.45) is 2.26. The van der Waals surface area contributed by atoms with Gasteiger partial charge in [0.15, 0.2) is 0 Å². The van der Waals surface area contributed by atoms with Gasteiger partial charge in [0.25, 0.3) is 0 Å². The van der Waals surface area contributed by atoms with E-state index in [1.54, 1.807) is 0 Å². The minimum absolute atomic E-state index is 0.381. The van der Waals surface area contributed by atoms with E-state index in [-0.39, 0.29) is 5.82 Å². The first-order valence-corrected chi connectivity index (χ1v) is 5.59. The van der Waals surface area contributed by atoms with Gasteiger partial charge in [-0.2, -0.15) is 0 Å². The molecule has 15 heavy (non-hydrogen) atoms. The van der Waals surface area contributed by atoms with Gasteiger partial charge in [0.2, 0.25) is 0 Å². The van der Waals surface area contributed by atoms with E-state index in [1.165, 1.54) is 12.1 Å². The summed E-state index contributed by atoms with van der Waals surface area (Å²) in [5, 5.41) is 9.03. The van der Waals surface area contributed by atoms with Crippen LogP contribution in [0.4, 0.5) is 4.39 Å². The lowest BCUT2D eigenvalue weighted by atomic mass is 9.83. The summed E-state index contributed by atoms with van der Waals surface area (Å²) in [6.45, 7) is 0. The van der Waals surface area contributed by atoms with Crippen LogP contribution in [-0.4, -0.2) is 11.1 Å². The Balaban J connectivity index is 2.55. The molecule has 0 saturated heterocycles. The molecule has 2 nitrogen and oxygen atoms in total. The lowest BCUT2D eigenvalue weighted by Gasteiger charge is -2.23. The average Bonchev–Trinajstić information content (AvgIpc) is 2.16. The molecule has 0 bridgehead atoms. The highest BCUT2D eigenvalue weighted by Gasteiger charge is 2.27. The maximum absolute atomic E-state index is 13.2. The second-order valence-electron chi connectivity index (χ2n) is 3.74. The highest BCUT2D eigenvalue weighted by atomic mass is 79.9. The van der Waals surface area contributed by atoms with Crippen LogP contribution in [0.15, 0.2) is 16.6 Å². The molecule has 0 fully saturated rings. The quantitative estimate of drug-likeness (QED) is 0.853. The van der Waals surface area contributed by atoms with Crippen LogP contribution in [0.5, 0.6) is 0 Å². The summed E-state index contributed by atoms with van der Waals surface area (Å²) < 4.78 is 13.9. The van der Waals surface area contributed by atoms with E-state index in [9.17, 15) is 9.18 Å². The number of halogens is 2. The third kappa shape index (κ3) is 1.91. The Kier molecular flexibility index (Phi) is 2.78. The molecule has 0 aliphatic heterocycles. The molecule has 1 aromatic rings. The van der Waals surface area contributed by atoms with Crippen molar-refractivity contribution in [3.05, 3.63) is 33.5 Å². The van der Waals surface area contributed by atoms with Gasteiger partial charge in [-0.15, -0.1) is 0 Å². The summed E-state index contributed by atoms with van der Waals surface area (Å²) in [6, 6.07) is 2.74. The molecule has 1 aliphatic carbocycles. The molecule has 0 heterocycles. The Bertz CT molecular complexity index is 417. The number of hydrogen-bond acceptors (Lipinski definition) is 1. The van der Waals surface area contributed by atoms with Crippen LogP contribution in [0, 0.1) is 5.82 Å². The van der Waals surface area contributed by atoms with E-state index in [1.807, 2.05) is 0 Å². The zero-order valence-electron chi connectivity index (χ0n) is 7.96. The van der Waals surface area contributed by atoms with Gasteiger partial charge in [0.05, 0.1) is 5.92 Å². The molecule has 1 atom stereocenters. The van der Waals surface area contributed by atoms with E-state index in [4.69, 9.17) is 5.11 Å². The Labute approximate surface area is 95.2 Å². The fourth-order valence-electron chi connectivity index (χ4n) is 2.09. The molecular formula is C11H10BrFO2. The van der Waals surface area contributed by atoms with Gasteiger partial charge in [-0.1, -0.05) is 15.9 Å². The van der Waals surface area contributed by atoms with Crippen molar-refractivity contribution < 1.29 is 14.3 Å². The molecule has 0 radical (unpaired) electrons. The molecule has 1 N–H and O–H groups in total. The van der Waals surface area contributed by atoms with Crippen LogP contribution in [-0.2, 0) is 11.2 Å². The van der Waals surface area contributed by atoms with Crippen LogP contribution >= 0.6 is 15.9 Å². The van der Waals surface area contributed by atoms with E-state index < -0.39 is 11.9 Å². The van der Waals surface area contributed by atoms with Crippen molar-refractivity contribution in [3.8, 4) is 0 Å². The Morgan fingerprint density at radius 3 is 2.93 bits per heavy atom. The molecule has 2 rings (SSSR count). The Hall–Kier alpha value is -0.900. The molecule has 1 aromatic carbocycles. The predicted octanol–water partition coefficient (Wildman–Crippen LogP) is 3.09. The number of hydrogen-bond donors (Lipinski definition) is 1. The molecule has 1 unspecified atom stereocenters. The first-order valence-electron chi connectivity index (χ1n) is 4.80. The van der Waals surface area contributed by atoms with Gasteiger partial charge < -0.3 is 5.11 Å². The Morgan fingerprint density at radius 2 is 2.27 bits per heavy atom. The first kappa shape index (κ1) is 10.6. The average molecular weight is 273 g/mol. The van der Waals surface area contributed by atoms with Crippen molar-refractivity contribution in [2.75, 3.05) is 0 Å². The second kappa shape index (κ2) is 3.93. The molecule has 1 aliphatic rings. The van der Waals surface area contributed by atoms with Gasteiger partial charge in [-0.05, 0) is 42.5 Å². The third-order valence-corrected chi connectivity index (χ3v) is 3.50. The second-order valence-corrected chi connectivity index (χ2v) is 4.59. The summed E-state index contributed by atoms with van der Waals surface area (Å²) in [7, 11) is 0. The van der Waals surface area contributed by atoms with Crippen molar-refractivity contribution in [1.29, 1.82) is 0 Å². The predicted molar refractivity (Wildman–Crippen MR) is 57.4 cm³/mol. The fraction of sp³-hybridized carbons (Fsp3) is 0.364. The van der Waals surface area contributed by atoms with E-state index in [2.05, 4.69) is 15.9 Å². The molecule has 0 amide bonds. The maximum atomic E-state index is 13.2. The number of fused-ring (bicyclic) bond motifs is 1. The standard InChI is InChI=1S/C11H10BrFO2/c12-10-5-6(13)4-9-7(10)2-1-3-8(9)11(14)15/h4-5,8H,1-3H2,(H,14,15). The number of carboxylic acids is 1. The van der Waals surface area contributed by atoms with Crippen molar-refractivity contribution in [2.24, 2.45) is 0 Å². The maximum Gasteiger partial charge on any atom is 0.310 e. The molecule has 80 valence electrons.